The zero-order valence-electron chi connectivity index (χ0n) is 18.0. The summed E-state index contributed by atoms with van der Waals surface area (Å²) in [5.74, 6) is 0.0651. The molecule has 0 aliphatic rings. The third-order valence-corrected chi connectivity index (χ3v) is 4.78. The van der Waals surface area contributed by atoms with Crippen molar-refractivity contribution in [3.05, 3.63) is 72.4 Å². The highest BCUT2D eigenvalue weighted by molar-refractivity contribution is 6.02. The van der Waals surface area contributed by atoms with E-state index in [1.807, 2.05) is 25.1 Å². The number of amides is 3. The number of benzene rings is 2. The molecule has 0 bridgehead atoms. The van der Waals surface area contributed by atoms with Crippen LogP contribution in [0.25, 0.3) is 22.2 Å². The Bertz CT molecular complexity index is 1340. The Morgan fingerprint density at radius 1 is 0.939 bits per heavy atom. The van der Waals surface area contributed by atoms with E-state index in [0.717, 1.165) is 16.8 Å². The van der Waals surface area contributed by atoms with Gasteiger partial charge in [0.1, 0.15) is 0 Å². The van der Waals surface area contributed by atoms with Crippen molar-refractivity contribution in [3.63, 3.8) is 0 Å². The van der Waals surface area contributed by atoms with Gasteiger partial charge in [-0.05, 0) is 68.0 Å². The van der Waals surface area contributed by atoms with E-state index in [-0.39, 0.29) is 17.8 Å². The van der Waals surface area contributed by atoms with E-state index in [2.05, 4.69) is 26.1 Å². The van der Waals surface area contributed by atoms with Gasteiger partial charge < -0.3 is 26.2 Å². The van der Waals surface area contributed by atoms with Gasteiger partial charge in [-0.25, -0.2) is 9.78 Å². The van der Waals surface area contributed by atoms with Crippen LogP contribution in [0.3, 0.4) is 0 Å². The van der Waals surface area contributed by atoms with E-state index in [1.165, 1.54) is 6.08 Å². The van der Waals surface area contributed by atoms with Crippen LogP contribution in [0.4, 0.5) is 27.7 Å². The Kier molecular flexibility index (Phi) is 6.03. The number of hydrogen-bond donors (Lipinski definition) is 4. The van der Waals surface area contributed by atoms with E-state index in [0.29, 0.717) is 28.2 Å². The highest BCUT2D eigenvalue weighted by Crippen LogP contribution is 2.32. The number of rotatable bonds is 5. The number of pyridine rings is 1. The predicted octanol–water partition coefficient (Wildman–Crippen LogP) is 4.94. The fourth-order valence-electron chi connectivity index (χ4n) is 3.32. The molecule has 0 saturated carbocycles. The van der Waals surface area contributed by atoms with E-state index in [9.17, 15) is 9.59 Å². The lowest BCUT2D eigenvalue weighted by Gasteiger charge is -2.10. The Hall–Kier alpha value is -4.66. The topological polar surface area (TPSA) is 135 Å². The summed E-state index contributed by atoms with van der Waals surface area (Å²) in [6.45, 7) is 3.63. The Morgan fingerprint density at radius 2 is 1.52 bits per heavy atom. The van der Waals surface area contributed by atoms with Crippen LogP contribution in [0.1, 0.15) is 12.6 Å². The number of aromatic nitrogens is 2. The monoisotopic (exact) mass is 442 g/mol. The maximum absolute atomic E-state index is 12.4. The van der Waals surface area contributed by atoms with E-state index in [4.69, 9.17) is 10.3 Å². The Labute approximate surface area is 189 Å². The maximum atomic E-state index is 12.4. The molecule has 0 saturated heterocycles. The Balaban J connectivity index is 1.42. The number of carbonyl (C=O) groups excluding carboxylic acids is 2. The molecule has 2 aromatic carbocycles. The lowest BCUT2D eigenvalue weighted by atomic mass is 10.0. The lowest BCUT2D eigenvalue weighted by Crippen LogP contribution is -2.19. The van der Waals surface area contributed by atoms with Gasteiger partial charge in [-0.2, -0.15) is 0 Å². The third-order valence-electron chi connectivity index (χ3n) is 4.78. The fraction of sp³-hybridized carbons (Fsp3) is 0.0833. The number of nitrogens with one attached hydrogen (secondary N) is 3. The SMILES string of the molecule is C/C=C/C(=O)Nc1ccc(NC(=O)Nc2ccc(-c3cc(C)nc4onc(N)c34)cc2)cc1. The lowest BCUT2D eigenvalue weighted by molar-refractivity contribution is -0.111. The van der Waals surface area contributed by atoms with Gasteiger partial charge in [-0.15, -0.1) is 0 Å². The normalized spacial score (nSPS) is 11.0. The van der Waals surface area contributed by atoms with Gasteiger partial charge in [0.2, 0.25) is 5.91 Å². The number of fused-ring (bicyclic) bond motifs is 1. The third kappa shape index (κ3) is 4.99. The number of carbonyl (C=O) groups is 2. The zero-order valence-corrected chi connectivity index (χ0v) is 18.0. The van der Waals surface area contributed by atoms with Gasteiger partial charge in [0.15, 0.2) is 5.82 Å². The van der Waals surface area contributed by atoms with Gasteiger partial charge in [-0.1, -0.05) is 23.4 Å². The maximum Gasteiger partial charge on any atom is 0.323 e. The summed E-state index contributed by atoms with van der Waals surface area (Å²) in [6.07, 6.45) is 3.09. The molecule has 2 aromatic heterocycles. The summed E-state index contributed by atoms with van der Waals surface area (Å²) in [7, 11) is 0. The first-order valence-corrected chi connectivity index (χ1v) is 10.2. The van der Waals surface area contributed by atoms with Crippen LogP contribution in [0, 0.1) is 6.92 Å². The van der Waals surface area contributed by atoms with Crippen molar-refractivity contribution in [3.8, 4) is 11.1 Å². The first-order valence-electron chi connectivity index (χ1n) is 10.2. The smallest absolute Gasteiger partial charge is 0.323 e. The van der Waals surface area contributed by atoms with Crippen LogP contribution in [-0.2, 0) is 4.79 Å². The van der Waals surface area contributed by atoms with Crippen molar-refractivity contribution < 1.29 is 14.1 Å². The molecule has 0 atom stereocenters. The minimum absolute atomic E-state index is 0.214. The number of nitrogens with two attached hydrogens (primary N) is 1. The van der Waals surface area contributed by atoms with Gasteiger partial charge in [0.05, 0.1) is 5.39 Å². The number of anilines is 4. The molecule has 5 N–H and O–H groups in total. The number of aryl methyl sites for hydroxylation is 1. The minimum Gasteiger partial charge on any atom is -0.380 e. The first kappa shape index (κ1) is 21.6. The average Bonchev–Trinajstić information content (AvgIpc) is 3.15. The molecule has 0 unspecified atom stereocenters. The Morgan fingerprint density at radius 3 is 2.12 bits per heavy atom. The zero-order chi connectivity index (χ0) is 23.4. The molecule has 3 amide bonds. The van der Waals surface area contributed by atoms with Crippen molar-refractivity contribution in [2.75, 3.05) is 21.7 Å². The number of hydrogen-bond acceptors (Lipinski definition) is 6. The second-order valence-corrected chi connectivity index (χ2v) is 7.28. The molecular formula is C24H22N6O3. The number of allylic oxidation sites excluding steroid dienone is 1. The summed E-state index contributed by atoms with van der Waals surface area (Å²) in [6, 6.07) is 15.7. The van der Waals surface area contributed by atoms with Crippen LogP contribution in [0.5, 0.6) is 0 Å². The van der Waals surface area contributed by atoms with Crippen molar-refractivity contribution >= 4 is 45.9 Å². The molecule has 4 rings (SSSR count). The second-order valence-electron chi connectivity index (χ2n) is 7.28. The van der Waals surface area contributed by atoms with Crippen molar-refractivity contribution in [1.29, 1.82) is 0 Å². The largest absolute Gasteiger partial charge is 0.380 e. The number of nitrogens with zero attached hydrogens (tertiary/aromatic N) is 2. The molecule has 2 heterocycles. The molecule has 166 valence electrons. The van der Waals surface area contributed by atoms with E-state index in [1.54, 1.807) is 49.4 Å². The molecule has 0 aliphatic carbocycles. The first-order chi connectivity index (χ1) is 15.9. The van der Waals surface area contributed by atoms with Crippen molar-refractivity contribution in [2.45, 2.75) is 13.8 Å². The highest BCUT2D eigenvalue weighted by atomic mass is 16.5. The molecule has 0 aliphatic heterocycles. The summed E-state index contributed by atoms with van der Waals surface area (Å²) in [5.41, 5.74) is 10.7. The van der Waals surface area contributed by atoms with Crippen molar-refractivity contribution in [2.24, 2.45) is 0 Å². The predicted molar refractivity (Wildman–Crippen MR) is 129 cm³/mol. The molecule has 4 aromatic rings. The highest BCUT2D eigenvalue weighted by Gasteiger charge is 2.14. The van der Waals surface area contributed by atoms with Crippen LogP contribution in [-0.4, -0.2) is 22.1 Å². The van der Waals surface area contributed by atoms with Gasteiger partial charge in [0, 0.05) is 28.3 Å². The van der Waals surface area contributed by atoms with E-state index >= 15 is 0 Å². The fourth-order valence-corrected chi connectivity index (χ4v) is 3.32. The molecule has 9 heteroatoms. The summed E-state index contributed by atoms with van der Waals surface area (Å²) in [4.78, 5) is 28.3. The molecule has 9 nitrogen and oxygen atoms in total. The summed E-state index contributed by atoms with van der Waals surface area (Å²) < 4.78 is 5.19. The average molecular weight is 442 g/mol. The molecule has 0 radical (unpaired) electrons. The summed E-state index contributed by atoms with van der Waals surface area (Å²) in [5, 5.41) is 12.7. The number of urea groups is 1. The van der Waals surface area contributed by atoms with Gasteiger partial charge in [-0.3, -0.25) is 4.79 Å². The van der Waals surface area contributed by atoms with Crippen LogP contribution in [0.2, 0.25) is 0 Å². The summed E-state index contributed by atoms with van der Waals surface area (Å²) >= 11 is 0. The van der Waals surface area contributed by atoms with Crippen LogP contribution >= 0.6 is 0 Å². The van der Waals surface area contributed by atoms with Crippen LogP contribution in [0.15, 0.2) is 71.3 Å². The van der Waals surface area contributed by atoms with Gasteiger partial charge >= 0.3 is 6.03 Å². The standard InChI is InChI=1S/C24H22N6O3/c1-3-4-20(31)27-16-9-11-18(12-10-16)29-24(32)28-17-7-5-15(6-8-17)19-13-14(2)26-23-21(19)22(25)30-33-23/h3-13H,1-2H3,(H2,25,30)(H,27,31)(H2,28,29,32)/b4-3+. The van der Waals surface area contributed by atoms with Crippen molar-refractivity contribution in [1.82, 2.24) is 10.1 Å². The molecule has 0 fully saturated rings. The minimum atomic E-state index is -0.390. The van der Waals surface area contributed by atoms with E-state index < -0.39 is 0 Å². The quantitative estimate of drug-likeness (QED) is 0.323. The molecule has 0 spiro atoms. The van der Waals surface area contributed by atoms with Gasteiger partial charge in [0.25, 0.3) is 5.71 Å². The molecule has 33 heavy (non-hydrogen) atoms. The molecular weight excluding hydrogens is 420 g/mol. The van der Waals surface area contributed by atoms with Crippen LogP contribution < -0.4 is 21.7 Å². The number of nitrogen functional groups attached to an aromatic ring is 1. The second kappa shape index (κ2) is 9.23.